The van der Waals surface area contributed by atoms with Gasteiger partial charge in [0.05, 0.1) is 9.95 Å². The molecule has 30 heavy (non-hydrogen) atoms. The third-order valence-electron chi connectivity index (χ3n) is 4.90. The van der Waals surface area contributed by atoms with Crippen LogP contribution in [-0.4, -0.2) is 51.9 Å². The van der Waals surface area contributed by atoms with Crippen LogP contribution in [0.4, 0.5) is 11.4 Å². The fourth-order valence-electron chi connectivity index (χ4n) is 3.29. The molecule has 2 heterocycles. The SMILES string of the molecule is O=C(c1sc2cc([N+](=O)[O-])ccc2c1Cl)N1CCN(C(=S)Nc2ccccc2)CC1. The van der Waals surface area contributed by atoms with Crippen LogP contribution in [0.1, 0.15) is 9.67 Å². The summed E-state index contributed by atoms with van der Waals surface area (Å²) < 4.78 is 0.629. The van der Waals surface area contributed by atoms with Gasteiger partial charge in [0.2, 0.25) is 0 Å². The molecule has 10 heteroatoms. The van der Waals surface area contributed by atoms with Gasteiger partial charge in [-0.3, -0.25) is 14.9 Å². The Morgan fingerprint density at radius 1 is 1.10 bits per heavy atom. The molecule has 0 spiro atoms. The number of benzene rings is 2. The van der Waals surface area contributed by atoms with Crippen molar-refractivity contribution in [3.63, 3.8) is 0 Å². The Balaban J connectivity index is 1.43. The van der Waals surface area contributed by atoms with E-state index in [1.807, 2.05) is 35.2 Å². The van der Waals surface area contributed by atoms with E-state index in [1.54, 1.807) is 11.0 Å². The van der Waals surface area contributed by atoms with Crippen LogP contribution >= 0.6 is 35.2 Å². The van der Waals surface area contributed by atoms with Crippen LogP contribution in [-0.2, 0) is 0 Å². The number of nitro groups is 1. The number of carbonyl (C=O) groups is 1. The molecule has 1 aliphatic heterocycles. The lowest BCUT2D eigenvalue weighted by Gasteiger charge is -2.36. The van der Waals surface area contributed by atoms with Crippen molar-refractivity contribution in [1.82, 2.24) is 9.80 Å². The van der Waals surface area contributed by atoms with E-state index < -0.39 is 4.92 Å². The predicted molar refractivity (Wildman–Crippen MR) is 124 cm³/mol. The number of hydrogen-bond donors (Lipinski definition) is 1. The van der Waals surface area contributed by atoms with Gasteiger partial charge < -0.3 is 15.1 Å². The fourth-order valence-corrected chi connectivity index (χ4v) is 5.10. The van der Waals surface area contributed by atoms with Gasteiger partial charge in [0.25, 0.3) is 11.6 Å². The summed E-state index contributed by atoms with van der Waals surface area (Å²) >= 11 is 13.1. The number of amides is 1. The highest BCUT2D eigenvalue weighted by atomic mass is 35.5. The Morgan fingerprint density at radius 3 is 2.43 bits per heavy atom. The van der Waals surface area contributed by atoms with E-state index in [9.17, 15) is 14.9 Å². The molecule has 0 aliphatic carbocycles. The summed E-state index contributed by atoms with van der Waals surface area (Å²) in [5.41, 5.74) is 0.902. The molecule has 1 fully saturated rings. The molecule has 3 aromatic rings. The van der Waals surface area contributed by atoms with Gasteiger partial charge in [-0.1, -0.05) is 29.8 Å². The van der Waals surface area contributed by atoms with Crippen molar-refractivity contribution in [2.45, 2.75) is 0 Å². The number of anilines is 1. The number of thiocarbonyl (C=S) groups is 1. The second kappa shape index (κ2) is 8.55. The van der Waals surface area contributed by atoms with Crippen molar-refractivity contribution in [1.29, 1.82) is 0 Å². The molecule has 154 valence electrons. The first kappa shape index (κ1) is 20.5. The number of non-ortho nitro benzene ring substituents is 1. The molecule has 0 bridgehead atoms. The normalized spacial score (nSPS) is 14.0. The number of carbonyl (C=O) groups excluding carboxylic acids is 1. The van der Waals surface area contributed by atoms with Gasteiger partial charge in [0.1, 0.15) is 4.88 Å². The van der Waals surface area contributed by atoms with Crippen molar-refractivity contribution in [2.75, 3.05) is 31.5 Å². The minimum atomic E-state index is -0.458. The fraction of sp³-hybridized carbons (Fsp3) is 0.200. The maximum atomic E-state index is 13.0. The third-order valence-corrected chi connectivity index (χ3v) is 6.90. The number of nitrogens with one attached hydrogen (secondary N) is 1. The lowest BCUT2D eigenvalue weighted by atomic mass is 10.2. The number of rotatable bonds is 3. The molecule has 0 saturated carbocycles. The van der Waals surface area contributed by atoms with E-state index in [1.165, 1.54) is 23.5 Å². The topological polar surface area (TPSA) is 78.7 Å². The molecule has 1 N–H and O–H groups in total. The minimum absolute atomic E-state index is 0.0209. The Morgan fingerprint density at radius 2 is 1.77 bits per heavy atom. The second-order valence-corrected chi connectivity index (χ2v) is 8.58. The van der Waals surface area contributed by atoms with Crippen LogP contribution in [0.5, 0.6) is 0 Å². The standard InChI is InChI=1S/C20H17ClN4O3S2/c21-17-15-7-6-14(25(27)28)12-16(15)30-18(17)19(26)23-8-10-24(11-9-23)20(29)22-13-4-2-1-3-5-13/h1-7,12H,8-11H2,(H,22,29). The Bertz CT molecular complexity index is 1130. The predicted octanol–water partition coefficient (Wildman–Crippen LogP) is 4.62. The van der Waals surface area contributed by atoms with Crippen LogP contribution in [0, 0.1) is 10.1 Å². The first-order valence-electron chi connectivity index (χ1n) is 9.21. The summed E-state index contributed by atoms with van der Waals surface area (Å²) in [5, 5.41) is 15.8. The molecule has 1 aliphatic rings. The average molecular weight is 461 g/mol. The van der Waals surface area contributed by atoms with Gasteiger partial charge >= 0.3 is 0 Å². The minimum Gasteiger partial charge on any atom is -0.345 e. The summed E-state index contributed by atoms with van der Waals surface area (Å²) in [7, 11) is 0. The number of thiophene rings is 1. The van der Waals surface area contributed by atoms with E-state index in [-0.39, 0.29) is 11.6 Å². The van der Waals surface area contributed by atoms with Gasteiger partial charge in [-0.25, -0.2) is 0 Å². The number of hydrogen-bond acceptors (Lipinski definition) is 5. The zero-order valence-corrected chi connectivity index (χ0v) is 18.1. The quantitative estimate of drug-likeness (QED) is 0.349. The van der Waals surface area contributed by atoms with Gasteiger partial charge in [0, 0.05) is 54.1 Å². The molecular formula is C20H17ClN4O3S2. The first-order valence-corrected chi connectivity index (χ1v) is 10.8. The molecule has 7 nitrogen and oxygen atoms in total. The first-order chi connectivity index (χ1) is 14.4. The van der Waals surface area contributed by atoms with Gasteiger partial charge in [-0.2, -0.15) is 0 Å². The molecule has 0 atom stereocenters. The van der Waals surface area contributed by atoms with E-state index in [2.05, 4.69) is 5.32 Å². The Hall–Kier alpha value is -2.75. The lowest BCUT2D eigenvalue weighted by molar-refractivity contribution is -0.384. The number of fused-ring (bicyclic) bond motifs is 1. The van der Waals surface area contributed by atoms with Crippen molar-refractivity contribution in [2.24, 2.45) is 0 Å². The van der Waals surface area contributed by atoms with E-state index in [0.29, 0.717) is 51.3 Å². The van der Waals surface area contributed by atoms with Crippen molar-refractivity contribution in [3.8, 4) is 0 Å². The molecule has 1 aromatic heterocycles. The number of nitro benzene ring substituents is 1. The smallest absolute Gasteiger partial charge is 0.270 e. The number of para-hydroxylation sites is 1. The van der Waals surface area contributed by atoms with Crippen molar-refractivity contribution >= 4 is 67.6 Å². The summed E-state index contributed by atoms with van der Waals surface area (Å²) in [5.74, 6) is -0.162. The Labute approximate surface area is 187 Å². The van der Waals surface area contributed by atoms with E-state index in [0.717, 1.165) is 5.69 Å². The van der Waals surface area contributed by atoms with Crippen LogP contribution in [0.25, 0.3) is 10.1 Å². The summed E-state index contributed by atoms with van der Waals surface area (Å²) in [6.07, 6.45) is 0. The maximum Gasteiger partial charge on any atom is 0.270 e. The monoisotopic (exact) mass is 460 g/mol. The molecule has 1 saturated heterocycles. The van der Waals surface area contributed by atoms with Gasteiger partial charge in [-0.05, 0) is 30.4 Å². The summed E-state index contributed by atoms with van der Waals surface area (Å²) in [6, 6.07) is 14.1. The second-order valence-electron chi connectivity index (χ2n) is 6.76. The van der Waals surface area contributed by atoms with Crippen LogP contribution in [0.15, 0.2) is 48.5 Å². The van der Waals surface area contributed by atoms with Crippen LogP contribution < -0.4 is 5.32 Å². The molecular weight excluding hydrogens is 444 g/mol. The van der Waals surface area contributed by atoms with Gasteiger partial charge in [-0.15, -0.1) is 11.3 Å². The number of halogens is 1. The van der Waals surface area contributed by atoms with Crippen molar-refractivity contribution in [3.05, 3.63) is 68.5 Å². The third kappa shape index (κ3) is 4.09. The largest absolute Gasteiger partial charge is 0.345 e. The summed E-state index contributed by atoms with van der Waals surface area (Å²) in [6.45, 7) is 2.25. The van der Waals surface area contributed by atoms with Gasteiger partial charge in [0.15, 0.2) is 5.11 Å². The zero-order valence-electron chi connectivity index (χ0n) is 15.7. The number of nitrogens with zero attached hydrogens (tertiary/aromatic N) is 3. The highest BCUT2D eigenvalue weighted by Gasteiger charge is 2.27. The zero-order chi connectivity index (χ0) is 21.3. The van der Waals surface area contributed by atoms with Crippen LogP contribution in [0.2, 0.25) is 5.02 Å². The summed E-state index contributed by atoms with van der Waals surface area (Å²) in [4.78, 5) is 27.8. The maximum absolute atomic E-state index is 13.0. The highest BCUT2D eigenvalue weighted by Crippen LogP contribution is 2.38. The molecule has 4 rings (SSSR count). The number of piperazine rings is 1. The van der Waals surface area contributed by atoms with E-state index in [4.69, 9.17) is 23.8 Å². The molecule has 0 unspecified atom stereocenters. The molecule has 1 amide bonds. The highest BCUT2D eigenvalue weighted by molar-refractivity contribution is 7.80. The van der Waals surface area contributed by atoms with Crippen LogP contribution in [0.3, 0.4) is 0 Å². The molecule has 0 radical (unpaired) electrons. The lowest BCUT2D eigenvalue weighted by Crippen LogP contribution is -2.51. The Kier molecular flexibility index (Phi) is 5.85. The molecule has 2 aromatic carbocycles. The van der Waals surface area contributed by atoms with E-state index >= 15 is 0 Å². The average Bonchev–Trinajstić information content (AvgIpc) is 3.10. The van der Waals surface area contributed by atoms with Crippen molar-refractivity contribution < 1.29 is 9.72 Å².